The van der Waals surface area contributed by atoms with Crippen molar-refractivity contribution >= 4 is 5.78 Å². The lowest BCUT2D eigenvalue weighted by molar-refractivity contribution is -0.117. The zero-order valence-electron chi connectivity index (χ0n) is 14.5. The van der Waals surface area contributed by atoms with Gasteiger partial charge in [-0.1, -0.05) is 31.1 Å². The Labute approximate surface area is 135 Å². The van der Waals surface area contributed by atoms with Crippen LogP contribution in [0.25, 0.3) is 0 Å². The molecule has 0 aromatic carbocycles. The molecule has 120 valence electrons. The summed E-state index contributed by atoms with van der Waals surface area (Å²) >= 11 is 0. The van der Waals surface area contributed by atoms with Crippen molar-refractivity contribution in [3.8, 4) is 0 Å². The lowest BCUT2D eigenvalue weighted by atomic mass is 9.47. The minimum atomic E-state index is 0.330. The van der Waals surface area contributed by atoms with Crippen LogP contribution in [-0.2, 0) is 4.79 Å². The molecule has 5 atom stereocenters. The second-order valence-electron chi connectivity index (χ2n) is 8.78. The highest BCUT2D eigenvalue weighted by molar-refractivity contribution is 5.91. The first-order valence-corrected chi connectivity index (χ1v) is 9.38. The second-order valence-corrected chi connectivity index (χ2v) is 8.78. The molecule has 1 nitrogen and oxygen atoms in total. The first-order valence-electron chi connectivity index (χ1n) is 9.38. The third-order valence-corrected chi connectivity index (χ3v) is 8.16. The maximum absolute atomic E-state index is 11.9. The van der Waals surface area contributed by atoms with Crippen LogP contribution in [0.3, 0.4) is 0 Å². The van der Waals surface area contributed by atoms with Crippen molar-refractivity contribution in [3.63, 3.8) is 0 Å². The summed E-state index contributed by atoms with van der Waals surface area (Å²) in [6.45, 7) is 7.27. The largest absolute Gasteiger partial charge is 0.295 e. The first-order chi connectivity index (χ1) is 10.5. The molecule has 0 bridgehead atoms. The number of hydrogen-bond donors (Lipinski definition) is 0. The van der Waals surface area contributed by atoms with Crippen molar-refractivity contribution in [3.05, 3.63) is 23.3 Å². The number of allylic oxidation sites excluding steroid dienone is 3. The van der Waals surface area contributed by atoms with Crippen LogP contribution in [-0.4, -0.2) is 5.78 Å². The highest BCUT2D eigenvalue weighted by atomic mass is 16.1. The summed E-state index contributed by atoms with van der Waals surface area (Å²) in [4.78, 5) is 11.9. The summed E-state index contributed by atoms with van der Waals surface area (Å²) in [5.41, 5.74) is 4.05. The van der Waals surface area contributed by atoms with Gasteiger partial charge in [-0.15, -0.1) is 0 Å². The Morgan fingerprint density at radius 3 is 2.55 bits per heavy atom. The average Bonchev–Trinajstić information content (AvgIpc) is 2.84. The van der Waals surface area contributed by atoms with E-state index in [4.69, 9.17) is 0 Å². The number of carbonyl (C=O) groups excluding carboxylic acids is 1. The molecular weight excluding hydrogens is 268 g/mol. The Hall–Kier alpha value is -0.850. The standard InChI is InChI=1S/C21H30O/c1-4-14-6-8-18-17-7-5-15-13-16(22)9-11-21(15,3)19(17)10-12-20(14,18)2/h4,13,17-19H,5-12H2,1-3H3/b14-4+/t17?,18?,19?,20-,21+/m1/s1. The van der Waals surface area contributed by atoms with Crippen LogP contribution in [0, 0.1) is 28.6 Å². The lowest BCUT2D eigenvalue weighted by Crippen LogP contribution is -2.49. The van der Waals surface area contributed by atoms with Crippen LogP contribution in [0.1, 0.15) is 72.1 Å². The number of rotatable bonds is 0. The van der Waals surface area contributed by atoms with Gasteiger partial charge in [0.05, 0.1) is 0 Å². The van der Waals surface area contributed by atoms with E-state index < -0.39 is 0 Å². The molecule has 4 rings (SSSR count). The molecule has 3 saturated carbocycles. The maximum Gasteiger partial charge on any atom is 0.155 e. The Kier molecular flexibility index (Phi) is 3.23. The zero-order chi connectivity index (χ0) is 15.5. The fourth-order valence-electron chi connectivity index (χ4n) is 6.88. The molecule has 0 N–H and O–H groups in total. The minimum absolute atomic E-state index is 0.330. The van der Waals surface area contributed by atoms with Crippen molar-refractivity contribution in [2.75, 3.05) is 0 Å². The predicted octanol–water partition coefficient (Wildman–Crippen LogP) is 5.46. The van der Waals surface area contributed by atoms with E-state index in [0.29, 0.717) is 16.6 Å². The van der Waals surface area contributed by atoms with Crippen LogP contribution in [0.2, 0.25) is 0 Å². The van der Waals surface area contributed by atoms with Gasteiger partial charge in [0.2, 0.25) is 0 Å². The maximum atomic E-state index is 11.9. The van der Waals surface area contributed by atoms with E-state index in [1.54, 1.807) is 5.57 Å². The number of carbonyl (C=O) groups is 1. The van der Waals surface area contributed by atoms with Gasteiger partial charge in [0.15, 0.2) is 5.78 Å². The highest BCUT2D eigenvalue weighted by Crippen LogP contribution is 2.66. The smallest absolute Gasteiger partial charge is 0.155 e. The summed E-state index contributed by atoms with van der Waals surface area (Å²) in [5.74, 6) is 3.00. The molecule has 1 heteroatoms. The molecule has 0 radical (unpaired) electrons. The molecule has 0 aromatic heterocycles. The normalized spacial score (nSPS) is 49.4. The van der Waals surface area contributed by atoms with E-state index in [1.807, 2.05) is 6.08 Å². The third kappa shape index (κ3) is 1.80. The van der Waals surface area contributed by atoms with Gasteiger partial charge >= 0.3 is 0 Å². The molecule has 3 unspecified atom stereocenters. The quantitative estimate of drug-likeness (QED) is 0.542. The van der Waals surface area contributed by atoms with E-state index in [-0.39, 0.29) is 0 Å². The fraction of sp³-hybridized carbons (Fsp3) is 0.762. The van der Waals surface area contributed by atoms with Gasteiger partial charge in [-0.25, -0.2) is 0 Å². The Bertz CT molecular complexity index is 568. The van der Waals surface area contributed by atoms with Gasteiger partial charge in [-0.3, -0.25) is 4.79 Å². The van der Waals surface area contributed by atoms with Crippen molar-refractivity contribution < 1.29 is 4.79 Å². The average molecular weight is 298 g/mol. The van der Waals surface area contributed by atoms with E-state index in [0.717, 1.165) is 30.6 Å². The summed E-state index contributed by atoms with van der Waals surface area (Å²) in [6, 6.07) is 0. The molecule has 0 saturated heterocycles. The van der Waals surface area contributed by atoms with E-state index in [1.165, 1.54) is 44.1 Å². The Morgan fingerprint density at radius 2 is 1.77 bits per heavy atom. The van der Waals surface area contributed by atoms with Gasteiger partial charge in [-0.2, -0.15) is 0 Å². The summed E-state index contributed by atoms with van der Waals surface area (Å²) in [6.07, 6.45) is 14.3. The molecule has 0 aromatic rings. The first kappa shape index (κ1) is 14.7. The van der Waals surface area contributed by atoms with Crippen LogP contribution < -0.4 is 0 Å². The van der Waals surface area contributed by atoms with Gasteiger partial charge in [0, 0.05) is 6.42 Å². The number of hydrogen-bond acceptors (Lipinski definition) is 1. The van der Waals surface area contributed by atoms with Crippen molar-refractivity contribution in [1.29, 1.82) is 0 Å². The van der Waals surface area contributed by atoms with Crippen LogP contribution in [0.5, 0.6) is 0 Å². The minimum Gasteiger partial charge on any atom is -0.295 e. The van der Waals surface area contributed by atoms with E-state index in [9.17, 15) is 4.79 Å². The van der Waals surface area contributed by atoms with Gasteiger partial charge in [0.1, 0.15) is 0 Å². The highest BCUT2D eigenvalue weighted by Gasteiger charge is 2.57. The predicted molar refractivity (Wildman–Crippen MR) is 90.5 cm³/mol. The van der Waals surface area contributed by atoms with Gasteiger partial charge in [-0.05, 0) is 86.5 Å². The van der Waals surface area contributed by atoms with Crippen LogP contribution in [0.15, 0.2) is 23.3 Å². The fourth-order valence-corrected chi connectivity index (χ4v) is 6.88. The van der Waals surface area contributed by atoms with Crippen LogP contribution in [0.4, 0.5) is 0 Å². The molecule has 22 heavy (non-hydrogen) atoms. The number of ketones is 1. The lowest BCUT2D eigenvalue weighted by Gasteiger charge is -2.57. The van der Waals surface area contributed by atoms with Crippen molar-refractivity contribution in [2.24, 2.45) is 28.6 Å². The molecule has 0 aliphatic heterocycles. The molecular formula is C21H30O. The topological polar surface area (TPSA) is 17.1 Å². The van der Waals surface area contributed by atoms with Gasteiger partial charge < -0.3 is 0 Å². The van der Waals surface area contributed by atoms with E-state index in [2.05, 4.69) is 26.8 Å². The Morgan fingerprint density at radius 1 is 1.00 bits per heavy atom. The third-order valence-electron chi connectivity index (χ3n) is 8.16. The molecule has 0 spiro atoms. The molecule has 3 fully saturated rings. The molecule has 0 amide bonds. The monoisotopic (exact) mass is 298 g/mol. The zero-order valence-corrected chi connectivity index (χ0v) is 14.5. The number of fused-ring (bicyclic) bond motifs is 5. The molecule has 4 aliphatic rings. The summed E-state index contributed by atoms with van der Waals surface area (Å²) in [7, 11) is 0. The summed E-state index contributed by atoms with van der Waals surface area (Å²) < 4.78 is 0. The van der Waals surface area contributed by atoms with Crippen molar-refractivity contribution in [2.45, 2.75) is 72.1 Å². The van der Waals surface area contributed by atoms with Crippen molar-refractivity contribution in [1.82, 2.24) is 0 Å². The SMILES string of the molecule is C/C=C1\CCC2C3CCC4=CC(=O)CC[C@]4(C)C3CC[C@]12C. The van der Waals surface area contributed by atoms with Crippen LogP contribution >= 0.6 is 0 Å². The molecule has 0 heterocycles. The Balaban J connectivity index is 1.70. The summed E-state index contributed by atoms with van der Waals surface area (Å²) in [5, 5.41) is 0. The molecule has 4 aliphatic carbocycles. The second kappa shape index (κ2) is 4.82. The van der Waals surface area contributed by atoms with E-state index >= 15 is 0 Å². The van der Waals surface area contributed by atoms with Gasteiger partial charge in [0.25, 0.3) is 0 Å².